The Morgan fingerprint density at radius 1 is 0.326 bits per heavy atom. The average Bonchev–Trinajstić information content (AvgIpc) is 3.11. The molecule has 0 fully saturated rings. The molecular weight excluding hydrogens is 596 g/mol. The number of hydrogen-bond acceptors (Lipinski definition) is 6. The van der Waals surface area contributed by atoms with Crippen LogP contribution in [0.3, 0.4) is 0 Å². The monoisotopic (exact) mass is 623 g/mol. The molecule has 0 aliphatic rings. The van der Waals surface area contributed by atoms with E-state index in [0.717, 1.165) is 14.7 Å². The minimum atomic E-state index is -0.607. The molecule has 0 atom stereocenters. The van der Waals surface area contributed by atoms with Crippen molar-refractivity contribution in [3.63, 3.8) is 0 Å². The topological polar surface area (TPSA) is 78.9 Å². The van der Waals surface area contributed by atoms with Crippen molar-refractivity contribution < 1.29 is 28.6 Å². The number of esters is 3. The van der Waals surface area contributed by atoms with Crippen molar-refractivity contribution in [3.05, 3.63) is 180 Å². The van der Waals surface area contributed by atoms with Crippen LogP contribution in [0.1, 0.15) is 31.1 Å². The van der Waals surface area contributed by atoms with E-state index < -0.39 is 28.8 Å². The lowest BCUT2D eigenvalue weighted by atomic mass is 10.2. The number of benzene rings is 6. The Kier molecular flexibility index (Phi) is 9.33. The van der Waals surface area contributed by atoms with E-state index in [-0.39, 0.29) is 0 Å². The van der Waals surface area contributed by atoms with Gasteiger partial charge in [0.15, 0.2) is 14.7 Å². The third kappa shape index (κ3) is 7.41. The molecule has 0 radical (unpaired) electrons. The fraction of sp³-hybridized carbons (Fsp3) is 0. The number of hydrogen-bond donors (Lipinski definition) is 0. The number of carbonyl (C=O) groups is 3. The van der Waals surface area contributed by atoms with Gasteiger partial charge < -0.3 is 14.2 Å². The van der Waals surface area contributed by atoms with Gasteiger partial charge in [-0.25, -0.2) is 14.4 Å². The summed E-state index contributed by atoms with van der Waals surface area (Å²) in [6, 6.07) is 48.6. The van der Waals surface area contributed by atoms with Crippen molar-refractivity contribution in [1.82, 2.24) is 0 Å². The lowest BCUT2D eigenvalue weighted by Crippen LogP contribution is -2.10. The van der Waals surface area contributed by atoms with Gasteiger partial charge in [-0.2, -0.15) is 0 Å². The predicted molar refractivity (Wildman–Crippen MR) is 176 cm³/mol. The van der Waals surface area contributed by atoms with E-state index in [0.29, 0.717) is 33.9 Å². The molecule has 0 amide bonds. The maximum atomic E-state index is 12.6. The molecule has 7 heteroatoms. The molecule has 0 saturated heterocycles. The third-order valence-electron chi connectivity index (χ3n) is 6.84. The van der Waals surface area contributed by atoms with Crippen LogP contribution in [-0.2, 0) is 10.9 Å². The van der Waals surface area contributed by atoms with Crippen LogP contribution in [-0.4, -0.2) is 17.9 Å². The standard InChI is InChI=1S/C39H27O6S/c40-37(28-10-4-1-5-11-28)43-31-16-22-34(23-17-31)46(35-24-18-32(19-25-35)44-38(41)29-12-6-2-7-13-29)36-26-20-33(21-27-36)45-39(42)30-14-8-3-9-15-30/h1-27H/q+1. The fourth-order valence-corrected chi connectivity index (χ4v) is 6.60. The molecule has 0 N–H and O–H groups in total. The van der Waals surface area contributed by atoms with Crippen LogP contribution in [0, 0.1) is 0 Å². The van der Waals surface area contributed by atoms with E-state index in [1.165, 1.54) is 0 Å². The van der Waals surface area contributed by atoms with E-state index in [1.807, 2.05) is 54.6 Å². The third-order valence-corrected chi connectivity index (χ3v) is 9.07. The van der Waals surface area contributed by atoms with Crippen molar-refractivity contribution in [3.8, 4) is 17.2 Å². The lowest BCUT2D eigenvalue weighted by Gasteiger charge is -2.11. The van der Waals surface area contributed by atoms with Gasteiger partial charge in [0.2, 0.25) is 0 Å². The Hall–Kier alpha value is -5.92. The summed E-state index contributed by atoms with van der Waals surface area (Å²) in [5, 5.41) is 0. The highest BCUT2D eigenvalue weighted by Crippen LogP contribution is 2.34. The van der Waals surface area contributed by atoms with Crippen LogP contribution >= 0.6 is 0 Å². The molecule has 6 aromatic rings. The number of carbonyl (C=O) groups excluding carboxylic acids is 3. The van der Waals surface area contributed by atoms with Crippen LogP contribution in [0.25, 0.3) is 0 Å². The quantitative estimate of drug-likeness (QED) is 0.0914. The first-order chi connectivity index (χ1) is 22.5. The molecule has 0 heterocycles. The van der Waals surface area contributed by atoms with Gasteiger partial charge in [0.1, 0.15) is 17.2 Å². The second kappa shape index (κ2) is 14.2. The van der Waals surface area contributed by atoms with Gasteiger partial charge >= 0.3 is 17.9 Å². The van der Waals surface area contributed by atoms with Crippen LogP contribution < -0.4 is 14.2 Å². The van der Waals surface area contributed by atoms with Crippen molar-refractivity contribution in [2.75, 3.05) is 0 Å². The van der Waals surface area contributed by atoms with Crippen LogP contribution in [0.5, 0.6) is 17.2 Å². The first-order valence-electron chi connectivity index (χ1n) is 14.4. The summed E-state index contributed by atoms with van der Waals surface area (Å²) in [5.41, 5.74) is 1.40. The highest BCUT2D eigenvalue weighted by molar-refractivity contribution is 7.97. The second-order valence-electron chi connectivity index (χ2n) is 9.99. The first kappa shape index (κ1) is 30.1. The molecule has 6 nitrogen and oxygen atoms in total. The molecule has 0 aromatic heterocycles. The van der Waals surface area contributed by atoms with Crippen LogP contribution in [0.4, 0.5) is 0 Å². The molecule has 0 bridgehead atoms. The molecule has 46 heavy (non-hydrogen) atoms. The van der Waals surface area contributed by atoms with E-state index in [2.05, 4.69) is 0 Å². The van der Waals surface area contributed by atoms with Crippen molar-refractivity contribution >= 4 is 28.8 Å². The van der Waals surface area contributed by atoms with Crippen LogP contribution in [0.15, 0.2) is 178 Å². The van der Waals surface area contributed by atoms with E-state index in [4.69, 9.17) is 14.2 Å². The molecule has 6 aromatic carbocycles. The number of rotatable bonds is 9. The first-order valence-corrected chi connectivity index (χ1v) is 15.6. The minimum Gasteiger partial charge on any atom is -0.423 e. The Morgan fingerprint density at radius 2 is 0.565 bits per heavy atom. The van der Waals surface area contributed by atoms with Crippen molar-refractivity contribution in [2.24, 2.45) is 0 Å². The Bertz CT molecular complexity index is 1690. The van der Waals surface area contributed by atoms with Crippen molar-refractivity contribution in [1.29, 1.82) is 0 Å². The molecule has 6 rings (SSSR count). The molecule has 224 valence electrons. The minimum absolute atomic E-state index is 0.424. The van der Waals surface area contributed by atoms with E-state index in [9.17, 15) is 14.4 Å². The Balaban J connectivity index is 1.25. The van der Waals surface area contributed by atoms with E-state index >= 15 is 0 Å². The smallest absolute Gasteiger partial charge is 0.343 e. The maximum Gasteiger partial charge on any atom is 0.343 e. The van der Waals surface area contributed by atoms with Crippen molar-refractivity contribution in [2.45, 2.75) is 14.7 Å². The Morgan fingerprint density at radius 3 is 0.804 bits per heavy atom. The highest BCUT2D eigenvalue weighted by atomic mass is 32.2. The summed E-state index contributed by atoms with van der Waals surface area (Å²) < 4.78 is 16.8. The molecule has 0 saturated carbocycles. The average molecular weight is 624 g/mol. The summed E-state index contributed by atoms with van der Waals surface area (Å²) in [6.45, 7) is 0. The van der Waals surface area contributed by atoms with Gasteiger partial charge in [-0.05, 0) is 109 Å². The SMILES string of the molecule is O=C(Oc1ccc([S+](c2ccc(OC(=O)c3ccccc3)cc2)c2ccc(OC(=O)c3ccccc3)cc2)cc1)c1ccccc1. The summed E-state index contributed by atoms with van der Waals surface area (Å²) in [5.74, 6) is -0.0385. The number of ether oxygens (including phenoxy) is 3. The molecule has 0 aliphatic heterocycles. The van der Waals surface area contributed by atoms with Gasteiger partial charge in [0.25, 0.3) is 0 Å². The zero-order valence-corrected chi connectivity index (χ0v) is 25.3. The predicted octanol–water partition coefficient (Wildman–Crippen LogP) is 8.44. The molecule has 0 aliphatic carbocycles. The largest absolute Gasteiger partial charge is 0.423 e. The van der Waals surface area contributed by atoms with Gasteiger partial charge in [-0.15, -0.1) is 0 Å². The normalized spacial score (nSPS) is 10.6. The van der Waals surface area contributed by atoms with Gasteiger partial charge in [0, 0.05) is 0 Å². The van der Waals surface area contributed by atoms with E-state index in [1.54, 1.807) is 109 Å². The second-order valence-corrected chi connectivity index (χ2v) is 12.0. The fourth-order valence-electron chi connectivity index (χ4n) is 4.56. The summed E-state index contributed by atoms with van der Waals surface area (Å²) in [4.78, 5) is 40.6. The molecule has 0 spiro atoms. The summed E-state index contributed by atoms with van der Waals surface area (Å²) in [6.07, 6.45) is 0. The lowest BCUT2D eigenvalue weighted by molar-refractivity contribution is 0.0725. The zero-order valence-electron chi connectivity index (χ0n) is 24.4. The van der Waals surface area contributed by atoms with Gasteiger partial charge in [-0.1, -0.05) is 54.6 Å². The highest BCUT2D eigenvalue weighted by Gasteiger charge is 2.29. The van der Waals surface area contributed by atoms with Gasteiger partial charge in [0.05, 0.1) is 27.6 Å². The Labute approximate surface area is 269 Å². The van der Waals surface area contributed by atoms with Gasteiger partial charge in [-0.3, -0.25) is 0 Å². The zero-order chi connectivity index (χ0) is 31.7. The summed E-state index contributed by atoms with van der Waals surface area (Å²) in [7, 11) is -0.607. The molecule has 0 unspecified atom stereocenters. The van der Waals surface area contributed by atoms with Crippen LogP contribution in [0.2, 0.25) is 0 Å². The maximum absolute atomic E-state index is 12.6. The molecular formula is C39H27O6S+. The summed E-state index contributed by atoms with van der Waals surface area (Å²) >= 11 is 0.